The van der Waals surface area contributed by atoms with Crippen molar-refractivity contribution in [2.45, 2.75) is 26.4 Å². The summed E-state index contributed by atoms with van der Waals surface area (Å²) in [7, 11) is 0. The van der Waals surface area contributed by atoms with Crippen LogP contribution >= 0.6 is 11.3 Å². The average molecular weight is 476 g/mol. The summed E-state index contributed by atoms with van der Waals surface area (Å²) in [6.07, 6.45) is 3.77. The Morgan fingerprint density at radius 3 is 2.68 bits per heavy atom. The number of amides is 1. The van der Waals surface area contributed by atoms with Gasteiger partial charge in [0.2, 0.25) is 10.3 Å². The minimum atomic E-state index is -0.533. The molecule has 1 N–H and O–H groups in total. The van der Waals surface area contributed by atoms with Crippen LogP contribution in [0.5, 0.6) is 11.5 Å². The second-order valence-corrected chi connectivity index (χ2v) is 8.58. The van der Waals surface area contributed by atoms with E-state index in [0.717, 1.165) is 36.6 Å². The van der Waals surface area contributed by atoms with Crippen LogP contribution in [0.25, 0.3) is 6.08 Å². The van der Waals surface area contributed by atoms with Gasteiger partial charge in [-0.1, -0.05) is 47.7 Å². The molecule has 0 atom stereocenters. The maximum absolute atomic E-state index is 12.7. The molecule has 4 rings (SSSR count). The number of hydrogen-bond donors (Lipinski definition) is 1. The van der Waals surface area contributed by atoms with E-state index in [2.05, 4.69) is 20.4 Å². The van der Waals surface area contributed by atoms with E-state index in [0.29, 0.717) is 35.4 Å². The Bertz CT molecular complexity index is 1200. The van der Waals surface area contributed by atoms with Crippen molar-refractivity contribution in [1.82, 2.24) is 10.2 Å². The zero-order valence-corrected chi connectivity index (χ0v) is 19.7. The van der Waals surface area contributed by atoms with Crippen molar-refractivity contribution in [3.8, 4) is 17.6 Å². The van der Waals surface area contributed by atoms with Crippen molar-refractivity contribution in [3.63, 3.8) is 0 Å². The van der Waals surface area contributed by atoms with Crippen LogP contribution in [-0.4, -0.2) is 35.8 Å². The Hall–Kier alpha value is -3.90. The average Bonchev–Trinajstić information content (AvgIpc) is 3.55. The molecule has 1 aliphatic rings. The van der Waals surface area contributed by atoms with Crippen LogP contribution in [0.4, 0.5) is 10.3 Å². The van der Waals surface area contributed by atoms with Crippen LogP contribution in [0, 0.1) is 11.3 Å². The van der Waals surface area contributed by atoms with Crippen molar-refractivity contribution in [1.29, 1.82) is 5.26 Å². The normalized spacial score (nSPS) is 13.4. The summed E-state index contributed by atoms with van der Waals surface area (Å²) in [6.45, 7) is 4.63. The molecule has 1 fully saturated rings. The second-order valence-electron chi connectivity index (χ2n) is 7.62. The van der Waals surface area contributed by atoms with Crippen LogP contribution in [0.15, 0.2) is 54.1 Å². The molecule has 0 saturated carbocycles. The monoisotopic (exact) mass is 475 g/mol. The van der Waals surface area contributed by atoms with E-state index in [1.807, 2.05) is 43.3 Å². The molecule has 8 nitrogen and oxygen atoms in total. The van der Waals surface area contributed by atoms with E-state index in [1.54, 1.807) is 18.2 Å². The van der Waals surface area contributed by atoms with Crippen LogP contribution in [0.2, 0.25) is 0 Å². The minimum Gasteiger partial charge on any atom is -0.490 e. The number of ether oxygens (including phenoxy) is 2. The van der Waals surface area contributed by atoms with Crippen molar-refractivity contribution < 1.29 is 14.3 Å². The Morgan fingerprint density at radius 1 is 1.15 bits per heavy atom. The van der Waals surface area contributed by atoms with E-state index in [4.69, 9.17) is 9.47 Å². The molecule has 1 aromatic heterocycles. The van der Waals surface area contributed by atoms with Crippen LogP contribution in [0.3, 0.4) is 0 Å². The largest absolute Gasteiger partial charge is 0.490 e. The fourth-order valence-corrected chi connectivity index (χ4v) is 4.31. The van der Waals surface area contributed by atoms with Gasteiger partial charge >= 0.3 is 0 Å². The summed E-state index contributed by atoms with van der Waals surface area (Å²) in [5, 5.41) is 21.6. The minimum absolute atomic E-state index is 0.0432. The number of nitrogens with one attached hydrogen (secondary N) is 1. The zero-order valence-electron chi connectivity index (χ0n) is 18.9. The molecular formula is C25H25N5O3S. The van der Waals surface area contributed by atoms with Crippen molar-refractivity contribution in [2.24, 2.45) is 0 Å². The van der Waals surface area contributed by atoms with E-state index < -0.39 is 5.91 Å². The highest BCUT2D eigenvalue weighted by Gasteiger charge is 2.19. The fourth-order valence-electron chi connectivity index (χ4n) is 3.52. The number of nitriles is 1. The lowest BCUT2D eigenvalue weighted by molar-refractivity contribution is -0.112. The molecule has 2 aromatic carbocycles. The number of rotatable bonds is 9. The molecule has 0 radical (unpaired) electrons. The molecule has 0 aliphatic carbocycles. The number of anilines is 2. The summed E-state index contributed by atoms with van der Waals surface area (Å²) in [6, 6.07) is 17.1. The molecular weight excluding hydrogens is 450 g/mol. The van der Waals surface area contributed by atoms with E-state index in [1.165, 1.54) is 17.4 Å². The third-order valence-corrected chi connectivity index (χ3v) is 6.09. The quantitative estimate of drug-likeness (QED) is 0.355. The Kier molecular flexibility index (Phi) is 7.73. The zero-order chi connectivity index (χ0) is 23.8. The summed E-state index contributed by atoms with van der Waals surface area (Å²) in [5.74, 6) is 0.604. The predicted octanol–water partition coefficient (Wildman–Crippen LogP) is 4.66. The summed E-state index contributed by atoms with van der Waals surface area (Å²) >= 11 is 1.31. The smallest absolute Gasteiger partial charge is 0.268 e. The molecule has 1 aliphatic heterocycles. The van der Waals surface area contributed by atoms with Crippen LogP contribution in [-0.2, 0) is 11.4 Å². The second kappa shape index (κ2) is 11.3. The first-order valence-corrected chi connectivity index (χ1v) is 11.9. The van der Waals surface area contributed by atoms with Gasteiger partial charge in [-0.15, -0.1) is 10.2 Å². The first-order valence-electron chi connectivity index (χ1n) is 11.1. The van der Waals surface area contributed by atoms with Crippen LogP contribution < -0.4 is 19.7 Å². The Balaban J connectivity index is 1.46. The summed E-state index contributed by atoms with van der Waals surface area (Å²) in [4.78, 5) is 14.8. The number of nitrogens with zero attached hydrogens (tertiary/aromatic N) is 4. The maximum Gasteiger partial charge on any atom is 0.268 e. The topological polar surface area (TPSA) is 100 Å². The van der Waals surface area contributed by atoms with Crippen molar-refractivity contribution >= 4 is 33.6 Å². The van der Waals surface area contributed by atoms with Gasteiger partial charge in [-0.3, -0.25) is 10.1 Å². The maximum atomic E-state index is 12.7. The Morgan fingerprint density at radius 2 is 1.94 bits per heavy atom. The number of benzene rings is 2. The lowest BCUT2D eigenvalue weighted by atomic mass is 10.1. The van der Waals surface area contributed by atoms with Crippen molar-refractivity contribution in [3.05, 3.63) is 65.2 Å². The SMILES string of the molecule is CCOc1cc(/C=C(/C#N)C(=O)Nc2nnc(N3CCCC3)s2)ccc1OCc1ccccc1. The lowest BCUT2D eigenvalue weighted by Crippen LogP contribution is -2.17. The molecule has 2 heterocycles. The Labute approximate surface area is 202 Å². The highest BCUT2D eigenvalue weighted by Crippen LogP contribution is 2.31. The molecule has 174 valence electrons. The van der Waals surface area contributed by atoms with E-state index in [-0.39, 0.29) is 5.57 Å². The molecule has 9 heteroatoms. The first-order chi connectivity index (χ1) is 16.7. The van der Waals surface area contributed by atoms with Crippen molar-refractivity contribution in [2.75, 3.05) is 29.9 Å². The van der Waals surface area contributed by atoms with Gasteiger partial charge in [0.1, 0.15) is 18.2 Å². The standard InChI is InChI=1S/C25H25N5O3S/c1-2-32-22-15-19(10-11-21(22)33-17-18-8-4-3-5-9-18)14-20(16-26)23(31)27-24-28-29-25(34-24)30-12-6-7-13-30/h3-5,8-11,14-15H,2,6-7,12-13,17H2,1H3,(H,27,28,31)/b20-14-. The van der Waals surface area contributed by atoms with Gasteiger partial charge in [0, 0.05) is 13.1 Å². The molecule has 3 aromatic rings. The van der Waals surface area contributed by atoms with E-state index >= 15 is 0 Å². The molecule has 34 heavy (non-hydrogen) atoms. The highest BCUT2D eigenvalue weighted by atomic mass is 32.1. The third kappa shape index (κ3) is 5.91. The molecule has 0 bridgehead atoms. The first kappa shape index (κ1) is 23.3. The van der Waals surface area contributed by atoms with Crippen LogP contribution in [0.1, 0.15) is 30.9 Å². The molecule has 1 saturated heterocycles. The summed E-state index contributed by atoms with van der Waals surface area (Å²) < 4.78 is 11.7. The lowest BCUT2D eigenvalue weighted by Gasteiger charge is -2.13. The third-order valence-electron chi connectivity index (χ3n) is 5.19. The fraction of sp³-hybridized carbons (Fsp3) is 0.280. The van der Waals surface area contributed by atoms with Gasteiger partial charge < -0.3 is 14.4 Å². The highest BCUT2D eigenvalue weighted by molar-refractivity contribution is 7.19. The van der Waals surface area contributed by atoms with Gasteiger partial charge in [-0.25, -0.2) is 0 Å². The van der Waals surface area contributed by atoms with Gasteiger partial charge in [-0.05, 0) is 49.1 Å². The molecule has 1 amide bonds. The number of hydrogen-bond acceptors (Lipinski definition) is 8. The predicted molar refractivity (Wildman–Crippen MR) is 132 cm³/mol. The van der Waals surface area contributed by atoms with Gasteiger partial charge in [0.25, 0.3) is 5.91 Å². The number of carbonyl (C=O) groups is 1. The number of aromatic nitrogens is 2. The van der Waals surface area contributed by atoms with E-state index in [9.17, 15) is 10.1 Å². The van der Waals surface area contributed by atoms with Gasteiger partial charge in [0.05, 0.1) is 6.61 Å². The number of carbonyl (C=O) groups excluding carboxylic acids is 1. The molecule has 0 unspecified atom stereocenters. The molecule has 0 spiro atoms. The van der Waals surface area contributed by atoms with Gasteiger partial charge in [-0.2, -0.15) is 5.26 Å². The van der Waals surface area contributed by atoms with Gasteiger partial charge in [0.15, 0.2) is 11.5 Å². The summed E-state index contributed by atoms with van der Waals surface area (Å²) in [5.41, 5.74) is 1.65.